The molecule has 0 heterocycles. The molecule has 1 aromatic carbocycles. The molecule has 0 spiro atoms. The zero-order valence-corrected chi connectivity index (χ0v) is 21.2. The molecule has 0 amide bonds. The van der Waals surface area contributed by atoms with Crippen LogP contribution in [0.1, 0.15) is 65.2 Å². The molecule has 0 aliphatic rings. The summed E-state index contributed by atoms with van der Waals surface area (Å²) in [6.07, 6.45) is 0. The highest BCUT2D eigenvalue weighted by Crippen LogP contribution is 2.60. The van der Waals surface area contributed by atoms with Crippen molar-refractivity contribution in [2.24, 2.45) is 0 Å². The minimum absolute atomic E-state index is 0.168. The highest BCUT2D eigenvalue weighted by Gasteiger charge is 2.90. The molecule has 1 N–H and O–H groups in total. The predicted molar refractivity (Wildman–Crippen MR) is 111 cm³/mol. The van der Waals surface area contributed by atoms with Crippen molar-refractivity contribution < 1.29 is 67.3 Å². The number of ether oxygens (including phenoxy) is 1. The van der Waals surface area contributed by atoms with Gasteiger partial charge in [0.1, 0.15) is 12.4 Å². The maximum Gasteiger partial charge on any atom is 0.410 e. The minimum Gasteiger partial charge on any atom is -0.507 e. The number of esters is 1. The number of phenolic OH excluding ortho intramolecular Hbond substituents is 1. The van der Waals surface area contributed by atoms with E-state index in [1.807, 2.05) is 0 Å². The predicted octanol–water partition coefficient (Wildman–Crippen LogP) is 7.86. The molecule has 0 aliphatic carbocycles. The lowest BCUT2D eigenvalue weighted by molar-refractivity contribution is -0.419. The van der Waals surface area contributed by atoms with E-state index in [1.165, 1.54) is 0 Å². The van der Waals surface area contributed by atoms with Gasteiger partial charge in [-0.15, -0.1) is 0 Å². The standard InChI is InChI=1S/C23H26F12O3/c1-16(2,3)12-8-11(9-13(14(12)36)17(4,5)6)10-38-15(37)19(26,27)21(30,31)23(34,35)22(32,33)20(28,29)18(7,24)25/h8-9,36H,10H2,1-7H3. The van der Waals surface area contributed by atoms with Gasteiger partial charge in [0.05, 0.1) is 0 Å². The fraction of sp³-hybridized carbons (Fsp3) is 0.696. The monoisotopic (exact) mass is 578 g/mol. The summed E-state index contributed by atoms with van der Waals surface area (Å²) in [5.74, 6) is -47.1. The third-order valence-corrected chi connectivity index (χ3v) is 5.54. The van der Waals surface area contributed by atoms with Crippen molar-refractivity contribution in [1.82, 2.24) is 0 Å². The molecular formula is C23H26F12O3. The Bertz CT molecular complexity index is 1010. The van der Waals surface area contributed by atoms with Crippen LogP contribution in [0.2, 0.25) is 0 Å². The number of carbonyl (C=O) groups excluding carboxylic acids is 1. The second-order valence-corrected chi connectivity index (χ2v) is 10.9. The van der Waals surface area contributed by atoms with Crippen molar-refractivity contribution >= 4 is 5.97 Å². The molecule has 0 unspecified atom stereocenters. The van der Waals surface area contributed by atoms with E-state index in [9.17, 15) is 62.6 Å². The smallest absolute Gasteiger partial charge is 0.410 e. The highest BCUT2D eigenvalue weighted by atomic mass is 19.4. The second-order valence-electron chi connectivity index (χ2n) is 10.9. The Morgan fingerprint density at radius 2 is 1.00 bits per heavy atom. The third-order valence-electron chi connectivity index (χ3n) is 5.54. The van der Waals surface area contributed by atoms with Gasteiger partial charge < -0.3 is 9.84 Å². The second kappa shape index (κ2) is 9.39. The van der Waals surface area contributed by atoms with E-state index in [-0.39, 0.29) is 22.4 Å². The third kappa shape index (κ3) is 5.38. The van der Waals surface area contributed by atoms with Gasteiger partial charge in [-0.1, -0.05) is 41.5 Å². The molecule has 0 atom stereocenters. The van der Waals surface area contributed by atoms with Gasteiger partial charge in [0, 0.05) is 6.92 Å². The highest BCUT2D eigenvalue weighted by molar-refractivity contribution is 5.79. The van der Waals surface area contributed by atoms with Crippen LogP contribution >= 0.6 is 0 Å². The molecule has 15 heteroatoms. The number of phenols is 1. The van der Waals surface area contributed by atoms with Crippen LogP contribution in [-0.2, 0) is 27.0 Å². The Balaban J connectivity index is 3.46. The maximum atomic E-state index is 14.1. The minimum atomic E-state index is -7.86. The summed E-state index contributed by atoms with van der Waals surface area (Å²) < 4.78 is 167. The van der Waals surface area contributed by atoms with E-state index in [4.69, 9.17) is 0 Å². The summed E-state index contributed by atoms with van der Waals surface area (Å²) in [6.45, 7) is 7.30. The molecule has 0 radical (unpaired) electrons. The van der Waals surface area contributed by atoms with Crippen molar-refractivity contribution in [2.75, 3.05) is 0 Å². The van der Waals surface area contributed by atoms with E-state index in [0.717, 1.165) is 12.1 Å². The first kappa shape index (κ1) is 33.7. The van der Waals surface area contributed by atoms with E-state index >= 15 is 0 Å². The van der Waals surface area contributed by atoms with Gasteiger partial charge in [-0.3, -0.25) is 0 Å². The summed E-state index contributed by atoms with van der Waals surface area (Å²) in [5, 5.41) is 10.6. The summed E-state index contributed by atoms with van der Waals surface area (Å²) in [7, 11) is 0. The average Bonchev–Trinajstić information content (AvgIpc) is 2.69. The topological polar surface area (TPSA) is 46.5 Å². The zero-order chi connectivity index (χ0) is 30.7. The fourth-order valence-electron chi connectivity index (χ4n) is 3.16. The normalized spacial score (nSPS) is 15.0. The number of benzene rings is 1. The first-order chi connectivity index (χ1) is 16.4. The van der Waals surface area contributed by atoms with Crippen molar-refractivity contribution in [2.45, 2.75) is 101 Å². The van der Waals surface area contributed by atoms with Gasteiger partial charge in [-0.25, -0.2) is 4.79 Å². The lowest BCUT2D eigenvalue weighted by atomic mass is 9.78. The quantitative estimate of drug-likeness (QED) is 0.252. The number of rotatable bonds is 8. The van der Waals surface area contributed by atoms with E-state index in [2.05, 4.69) is 4.74 Å². The number of carbonyl (C=O) groups is 1. The summed E-state index contributed by atoms with van der Waals surface area (Å²) in [4.78, 5) is 11.7. The van der Waals surface area contributed by atoms with Crippen molar-refractivity contribution in [3.63, 3.8) is 0 Å². The molecule has 0 bridgehead atoms. The van der Waals surface area contributed by atoms with E-state index in [1.54, 1.807) is 41.5 Å². The van der Waals surface area contributed by atoms with Gasteiger partial charge in [0.15, 0.2) is 0 Å². The van der Waals surface area contributed by atoms with Crippen LogP contribution in [0.3, 0.4) is 0 Å². The Morgan fingerprint density at radius 1 is 0.658 bits per heavy atom. The Hall–Kier alpha value is -2.35. The van der Waals surface area contributed by atoms with E-state index in [0.29, 0.717) is 0 Å². The van der Waals surface area contributed by atoms with Crippen LogP contribution in [-0.4, -0.2) is 46.6 Å². The Kier molecular flexibility index (Phi) is 8.32. The van der Waals surface area contributed by atoms with Crippen molar-refractivity contribution in [3.05, 3.63) is 28.8 Å². The van der Waals surface area contributed by atoms with Gasteiger partial charge in [-0.2, -0.15) is 52.7 Å². The number of hydrogen-bond acceptors (Lipinski definition) is 3. The van der Waals surface area contributed by atoms with Crippen LogP contribution in [0.25, 0.3) is 0 Å². The maximum absolute atomic E-state index is 14.1. The van der Waals surface area contributed by atoms with Gasteiger partial charge in [-0.05, 0) is 39.7 Å². The van der Waals surface area contributed by atoms with Crippen LogP contribution in [0.5, 0.6) is 5.75 Å². The van der Waals surface area contributed by atoms with Crippen LogP contribution in [0.15, 0.2) is 12.1 Å². The van der Waals surface area contributed by atoms with Crippen LogP contribution in [0, 0.1) is 0 Å². The van der Waals surface area contributed by atoms with E-state index < -0.39 is 65.9 Å². The molecule has 1 rings (SSSR count). The van der Waals surface area contributed by atoms with Gasteiger partial charge >= 0.3 is 41.5 Å². The van der Waals surface area contributed by atoms with Crippen molar-refractivity contribution in [1.29, 1.82) is 0 Å². The molecule has 0 saturated heterocycles. The fourth-order valence-corrected chi connectivity index (χ4v) is 3.16. The molecule has 0 aromatic heterocycles. The number of aromatic hydroxyl groups is 1. The molecular weight excluding hydrogens is 552 g/mol. The average molecular weight is 578 g/mol. The van der Waals surface area contributed by atoms with Gasteiger partial charge in [0.2, 0.25) is 0 Å². The first-order valence-corrected chi connectivity index (χ1v) is 10.7. The largest absolute Gasteiger partial charge is 0.507 e. The lowest BCUT2D eigenvalue weighted by Crippen LogP contribution is -2.71. The van der Waals surface area contributed by atoms with Crippen LogP contribution in [0.4, 0.5) is 52.7 Å². The molecule has 38 heavy (non-hydrogen) atoms. The zero-order valence-electron chi connectivity index (χ0n) is 21.2. The summed E-state index contributed by atoms with van der Waals surface area (Å²) in [6, 6.07) is 2.22. The first-order valence-electron chi connectivity index (χ1n) is 10.7. The summed E-state index contributed by atoms with van der Waals surface area (Å²) in [5.41, 5.74) is -1.52. The molecule has 0 aliphatic heterocycles. The molecule has 220 valence electrons. The Labute approximate surface area is 210 Å². The molecule has 0 saturated carbocycles. The SMILES string of the molecule is CC(C)(C)c1cc(COC(=O)C(F)(F)C(F)(F)C(F)(F)C(F)(F)C(F)(F)C(C)(F)F)cc(C(C)(C)C)c1O. The molecule has 3 nitrogen and oxygen atoms in total. The number of hydrogen-bond donors (Lipinski definition) is 1. The lowest BCUT2D eigenvalue weighted by Gasteiger charge is -2.40. The number of alkyl halides is 12. The van der Waals surface area contributed by atoms with Crippen LogP contribution < -0.4 is 0 Å². The Morgan fingerprint density at radius 3 is 1.32 bits per heavy atom. The summed E-state index contributed by atoms with van der Waals surface area (Å²) >= 11 is 0. The molecule has 0 fully saturated rings. The number of halogens is 12. The molecule has 1 aromatic rings. The van der Waals surface area contributed by atoms with Crippen molar-refractivity contribution in [3.8, 4) is 5.75 Å². The van der Waals surface area contributed by atoms with Gasteiger partial charge in [0.25, 0.3) is 0 Å².